The van der Waals surface area contributed by atoms with Crippen molar-refractivity contribution in [3.63, 3.8) is 0 Å². The third-order valence-corrected chi connectivity index (χ3v) is 5.78. The van der Waals surface area contributed by atoms with Gasteiger partial charge >= 0.3 is 0 Å². The van der Waals surface area contributed by atoms with Crippen LogP contribution in [-0.4, -0.2) is 34.7 Å². The van der Waals surface area contributed by atoms with Crippen LogP contribution in [0, 0.1) is 0 Å². The standard InChI is InChI=1S/C13H14ClN3OS3/c1-19-12-16-17-13(21-12)20-8-11(18)15-6-5-9-3-2-4-10(14)7-9/h2-4,7H,5-6,8H2,1H3,(H,15,18). The lowest BCUT2D eigenvalue weighted by molar-refractivity contribution is -0.118. The Bertz CT molecular complexity index is 606. The van der Waals surface area contributed by atoms with Gasteiger partial charge in [0.25, 0.3) is 0 Å². The Kier molecular flexibility index (Phi) is 6.82. The monoisotopic (exact) mass is 359 g/mol. The molecule has 1 N–H and O–H groups in total. The summed E-state index contributed by atoms with van der Waals surface area (Å²) in [6, 6.07) is 7.66. The second kappa shape index (κ2) is 8.63. The van der Waals surface area contributed by atoms with Crippen LogP contribution in [0.1, 0.15) is 5.56 Å². The number of aromatic nitrogens is 2. The molecule has 1 heterocycles. The molecule has 4 nitrogen and oxygen atoms in total. The summed E-state index contributed by atoms with van der Waals surface area (Å²) in [6.07, 6.45) is 2.73. The van der Waals surface area contributed by atoms with Crippen molar-refractivity contribution in [2.75, 3.05) is 18.6 Å². The van der Waals surface area contributed by atoms with E-state index in [2.05, 4.69) is 15.5 Å². The van der Waals surface area contributed by atoms with Crippen molar-refractivity contribution < 1.29 is 4.79 Å². The summed E-state index contributed by atoms with van der Waals surface area (Å²) in [5.74, 6) is 0.362. The Balaban J connectivity index is 1.67. The molecule has 0 saturated carbocycles. The quantitative estimate of drug-likeness (QED) is 0.768. The topological polar surface area (TPSA) is 54.9 Å². The van der Waals surface area contributed by atoms with Crippen LogP contribution in [0.4, 0.5) is 0 Å². The molecule has 2 aromatic rings. The molecule has 21 heavy (non-hydrogen) atoms. The van der Waals surface area contributed by atoms with Crippen molar-refractivity contribution in [1.82, 2.24) is 15.5 Å². The highest BCUT2D eigenvalue weighted by Crippen LogP contribution is 2.26. The molecular formula is C13H14ClN3OS3. The summed E-state index contributed by atoms with van der Waals surface area (Å²) in [5.41, 5.74) is 1.11. The van der Waals surface area contributed by atoms with Crippen LogP contribution in [-0.2, 0) is 11.2 Å². The highest BCUT2D eigenvalue weighted by Gasteiger charge is 2.07. The third-order valence-electron chi connectivity index (χ3n) is 2.51. The minimum atomic E-state index is 0.00271. The van der Waals surface area contributed by atoms with Crippen LogP contribution in [0.5, 0.6) is 0 Å². The number of halogens is 1. The maximum absolute atomic E-state index is 11.7. The van der Waals surface area contributed by atoms with E-state index < -0.39 is 0 Å². The lowest BCUT2D eigenvalue weighted by Gasteiger charge is -2.04. The number of hydrogen-bond donors (Lipinski definition) is 1. The van der Waals surface area contributed by atoms with Gasteiger partial charge in [-0.3, -0.25) is 4.79 Å². The summed E-state index contributed by atoms with van der Waals surface area (Å²) in [5, 5.41) is 11.6. The SMILES string of the molecule is CSc1nnc(SCC(=O)NCCc2cccc(Cl)c2)s1. The van der Waals surface area contributed by atoms with Gasteiger partial charge in [0, 0.05) is 11.6 Å². The van der Waals surface area contributed by atoms with E-state index in [0.29, 0.717) is 12.3 Å². The number of carbonyl (C=O) groups excluding carboxylic acids is 1. The van der Waals surface area contributed by atoms with E-state index in [1.165, 1.54) is 23.1 Å². The van der Waals surface area contributed by atoms with Crippen LogP contribution in [0.25, 0.3) is 0 Å². The first-order chi connectivity index (χ1) is 10.2. The van der Waals surface area contributed by atoms with E-state index in [-0.39, 0.29) is 5.91 Å². The van der Waals surface area contributed by atoms with Gasteiger partial charge in [-0.25, -0.2) is 0 Å². The lowest BCUT2D eigenvalue weighted by Crippen LogP contribution is -2.27. The molecule has 0 spiro atoms. The van der Waals surface area contributed by atoms with E-state index in [1.54, 1.807) is 11.8 Å². The molecule has 1 aromatic carbocycles. The Morgan fingerprint density at radius 3 is 2.90 bits per heavy atom. The molecular weight excluding hydrogens is 346 g/mol. The number of nitrogens with one attached hydrogen (secondary N) is 1. The van der Waals surface area contributed by atoms with E-state index in [1.807, 2.05) is 30.5 Å². The molecule has 0 fully saturated rings. The van der Waals surface area contributed by atoms with Gasteiger partial charge in [0.2, 0.25) is 5.91 Å². The second-order valence-electron chi connectivity index (χ2n) is 4.06. The van der Waals surface area contributed by atoms with Crippen molar-refractivity contribution in [1.29, 1.82) is 0 Å². The lowest BCUT2D eigenvalue weighted by atomic mass is 10.1. The van der Waals surface area contributed by atoms with Gasteiger partial charge in [0.15, 0.2) is 8.68 Å². The molecule has 1 aromatic heterocycles. The summed E-state index contributed by atoms with van der Waals surface area (Å²) in [6.45, 7) is 0.603. The van der Waals surface area contributed by atoms with Crippen LogP contribution in [0.3, 0.4) is 0 Å². The van der Waals surface area contributed by atoms with Gasteiger partial charge in [-0.15, -0.1) is 10.2 Å². The highest BCUT2D eigenvalue weighted by molar-refractivity contribution is 8.03. The molecule has 0 aliphatic heterocycles. The molecule has 0 bridgehead atoms. The number of hydrogen-bond acceptors (Lipinski definition) is 6. The summed E-state index contributed by atoms with van der Waals surface area (Å²) in [7, 11) is 0. The van der Waals surface area contributed by atoms with Crippen molar-refractivity contribution >= 4 is 52.4 Å². The van der Waals surface area contributed by atoms with Gasteiger partial charge in [0.05, 0.1) is 5.75 Å². The van der Waals surface area contributed by atoms with Gasteiger partial charge in [0.1, 0.15) is 0 Å². The number of carbonyl (C=O) groups is 1. The summed E-state index contributed by atoms with van der Waals surface area (Å²) < 4.78 is 1.74. The highest BCUT2D eigenvalue weighted by atomic mass is 35.5. The van der Waals surface area contributed by atoms with Crippen LogP contribution in [0.2, 0.25) is 5.02 Å². The van der Waals surface area contributed by atoms with Gasteiger partial charge in [-0.2, -0.15) is 0 Å². The smallest absolute Gasteiger partial charge is 0.230 e. The Morgan fingerprint density at radius 2 is 2.19 bits per heavy atom. The van der Waals surface area contributed by atoms with Crippen molar-refractivity contribution in [2.24, 2.45) is 0 Å². The van der Waals surface area contributed by atoms with Crippen molar-refractivity contribution in [3.8, 4) is 0 Å². The van der Waals surface area contributed by atoms with E-state index >= 15 is 0 Å². The van der Waals surface area contributed by atoms with Crippen LogP contribution >= 0.6 is 46.5 Å². The zero-order valence-electron chi connectivity index (χ0n) is 11.3. The summed E-state index contributed by atoms with van der Waals surface area (Å²) >= 11 is 10.4. The fourth-order valence-electron chi connectivity index (χ4n) is 1.56. The molecule has 2 rings (SSSR count). The first kappa shape index (κ1) is 16.6. The molecule has 1 amide bonds. The van der Waals surface area contributed by atoms with Gasteiger partial charge in [-0.1, -0.05) is 58.6 Å². The number of nitrogens with zero attached hydrogens (tertiary/aromatic N) is 2. The minimum Gasteiger partial charge on any atom is -0.355 e. The second-order valence-corrected chi connectivity index (χ2v) is 7.75. The molecule has 0 radical (unpaired) electrons. The number of rotatable bonds is 7. The zero-order valence-corrected chi connectivity index (χ0v) is 14.5. The Morgan fingerprint density at radius 1 is 1.38 bits per heavy atom. The fourth-order valence-corrected chi connectivity index (χ4v) is 4.04. The Labute approximate surface area is 141 Å². The molecule has 0 unspecified atom stereocenters. The van der Waals surface area contributed by atoms with E-state index in [0.717, 1.165) is 25.7 Å². The maximum Gasteiger partial charge on any atom is 0.230 e. The predicted molar refractivity (Wildman–Crippen MR) is 90.6 cm³/mol. The van der Waals surface area contributed by atoms with Crippen molar-refractivity contribution in [2.45, 2.75) is 15.1 Å². The van der Waals surface area contributed by atoms with E-state index in [4.69, 9.17) is 11.6 Å². The molecule has 0 saturated heterocycles. The average Bonchev–Trinajstić information content (AvgIpc) is 2.93. The molecule has 0 atom stereocenters. The molecule has 0 aliphatic carbocycles. The summed E-state index contributed by atoms with van der Waals surface area (Å²) in [4.78, 5) is 11.7. The zero-order chi connectivity index (χ0) is 15.1. The number of benzene rings is 1. The first-order valence-corrected chi connectivity index (χ1v) is 9.59. The number of amides is 1. The Hall–Kier alpha value is -0.760. The average molecular weight is 360 g/mol. The third kappa shape index (κ3) is 5.86. The first-order valence-electron chi connectivity index (χ1n) is 6.19. The van der Waals surface area contributed by atoms with E-state index in [9.17, 15) is 4.79 Å². The number of thioether (sulfide) groups is 2. The molecule has 112 valence electrons. The normalized spacial score (nSPS) is 10.6. The predicted octanol–water partition coefficient (Wildman–Crippen LogP) is 3.36. The largest absolute Gasteiger partial charge is 0.355 e. The minimum absolute atomic E-state index is 0.00271. The fraction of sp³-hybridized carbons (Fsp3) is 0.308. The van der Waals surface area contributed by atoms with Crippen LogP contribution < -0.4 is 5.32 Å². The van der Waals surface area contributed by atoms with Gasteiger partial charge < -0.3 is 5.32 Å². The van der Waals surface area contributed by atoms with Crippen molar-refractivity contribution in [3.05, 3.63) is 34.9 Å². The molecule has 8 heteroatoms. The van der Waals surface area contributed by atoms with Gasteiger partial charge in [-0.05, 0) is 30.4 Å². The van der Waals surface area contributed by atoms with Crippen LogP contribution in [0.15, 0.2) is 32.9 Å². The maximum atomic E-state index is 11.7. The molecule has 0 aliphatic rings.